The van der Waals surface area contributed by atoms with E-state index < -0.39 is 9.84 Å². The van der Waals surface area contributed by atoms with E-state index in [0.29, 0.717) is 5.02 Å². The molecule has 0 aromatic heterocycles. The molecule has 0 spiro atoms. The average Bonchev–Trinajstić information content (AvgIpc) is 2.50. The highest BCUT2D eigenvalue weighted by molar-refractivity contribution is 8.08. The molecule has 0 bridgehead atoms. The minimum atomic E-state index is -3.51. The standard InChI is InChI=1S/C9H6ClNO3S/c10-7-3-1-2-4-8(7)14-9-11-5-6-15(9,12)13/h1-6H. The first-order valence-electron chi connectivity index (χ1n) is 4.01. The second kappa shape index (κ2) is 3.67. The number of benzene rings is 1. The lowest BCUT2D eigenvalue weighted by molar-refractivity contribution is 0.550. The maximum absolute atomic E-state index is 11.3. The van der Waals surface area contributed by atoms with E-state index in [4.69, 9.17) is 16.3 Å². The summed E-state index contributed by atoms with van der Waals surface area (Å²) in [5, 5.41) is 0.956. The van der Waals surface area contributed by atoms with E-state index in [1.807, 2.05) is 0 Å². The number of hydrogen-bond acceptors (Lipinski definition) is 4. The Morgan fingerprint density at radius 3 is 2.60 bits per heavy atom. The first-order valence-corrected chi connectivity index (χ1v) is 5.94. The highest BCUT2D eigenvalue weighted by atomic mass is 35.5. The summed E-state index contributed by atoms with van der Waals surface area (Å²) in [5.74, 6) is 0.269. The Bertz CT molecular complexity index is 548. The largest absolute Gasteiger partial charge is 0.428 e. The molecule has 2 rings (SSSR count). The molecule has 0 N–H and O–H groups in total. The first kappa shape index (κ1) is 10.2. The zero-order valence-corrected chi connectivity index (χ0v) is 8.99. The molecule has 0 unspecified atom stereocenters. The van der Waals surface area contributed by atoms with Crippen LogP contribution in [0.5, 0.6) is 5.75 Å². The summed E-state index contributed by atoms with van der Waals surface area (Å²) in [4.78, 5) is 3.59. The minimum absolute atomic E-state index is 0.269. The van der Waals surface area contributed by atoms with Crippen molar-refractivity contribution in [3.05, 3.63) is 40.9 Å². The molecule has 0 saturated carbocycles. The van der Waals surface area contributed by atoms with Crippen molar-refractivity contribution in [3.8, 4) is 5.75 Å². The molecule has 4 nitrogen and oxygen atoms in total. The van der Waals surface area contributed by atoms with Gasteiger partial charge < -0.3 is 4.74 Å². The zero-order valence-electron chi connectivity index (χ0n) is 7.42. The molecule has 15 heavy (non-hydrogen) atoms. The van der Waals surface area contributed by atoms with Crippen molar-refractivity contribution >= 4 is 26.7 Å². The van der Waals surface area contributed by atoms with Crippen LogP contribution in [0.2, 0.25) is 5.02 Å². The van der Waals surface area contributed by atoms with Gasteiger partial charge in [0.2, 0.25) is 0 Å². The van der Waals surface area contributed by atoms with Crippen LogP contribution in [0.15, 0.2) is 40.9 Å². The molecule has 6 heteroatoms. The van der Waals surface area contributed by atoms with Gasteiger partial charge in [0.15, 0.2) is 0 Å². The topological polar surface area (TPSA) is 55.7 Å². The molecule has 1 aliphatic rings. The highest BCUT2D eigenvalue weighted by Crippen LogP contribution is 2.24. The number of halogens is 1. The first-order chi connectivity index (χ1) is 7.09. The molecule has 1 aromatic rings. The van der Waals surface area contributed by atoms with Gasteiger partial charge in [0.25, 0.3) is 9.84 Å². The Hall–Kier alpha value is -1.33. The van der Waals surface area contributed by atoms with E-state index >= 15 is 0 Å². The summed E-state index contributed by atoms with van der Waals surface area (Å²) in [6.45, 7) is 0. The fourth-order valence-corrected chi connectivity index (χ4v) is 1.93. The van der Waals surface area contributed by atoms with Crippen LogP contribution < -0.4 is 4.74 Å². The molecule has 1 aliphatic heterocycles. The van der Waals surface area contributed by atoms with E-state index in [-0.39, 0.29) is 11.0 Å². The SMILES string of the molecule is O=S1(=O)C=CN=C1Oc1ccccc1Cl. The lowest BCUT2D eigenvalue weighted by atomic mass is 10.3. The third-order valence-corrected chi connectivity index (χ3v) is 3.17. The normalized spacial score (nSPS) is 17.5. The van der Waals surface area contributed by atoms with Crippen molar-refractivity contribution < 1.29 is 13.2 Å². The summed E-state index contributed by atoms with van der Waals surface area (Å²) in [6, 6.07) is 6.58. The van der Waals surface area contributed by atoms with Gasteiger partial charge in [-0.2, -0.15) is 0 Å². The Labute approximate surface area is 91.8 Å². The van der Waals surface area contributed by atoms with Crippen molar-refractivity contribution in [1.82, 2.24) is 0 Å². The number of nitrogens with zero attached hydrogens (tertiary/aromatic N) is 1. The predicted molar refractivity (Wildman–Crippen MR) is 57.6 cm³/mol. The van der Waals surface area contributed by atoms with Gasteiger partial charge in [-0.1, -0.05) is 23.7 Å². The maximum Gasteiger partial charge on any atom is 0.319 e. The Kier molecular flexibility index (Phi) is 2.50. The average molecular weight is 244 g/mol. The van der Waals surface area contributed by atoms with Crippen LogP contribution in [0.1, 0.15) is 0 Å². The van der Waals surface area contributed by atoms with E-state index in [2.05, 4.69) is 4.99 Å². The van der Waals surface area contributed by atoms with Gasteiger partial charge in [-0.25, -0.2) is 13.4 Å². The van der Waals surface area contributed by atoms with Gasteiger partial charge in [-0.15, -0.1) is 0 Å². The molecule has 1 heterocycles. The molecule has 0 saturated heterocycles. The fraction of sp³-hybridized carbons (Fsp3) is 0. The van der Waals surface area contributed by atoms with Crippen LogP contribution in [0.3, 0.4) is 0 Å². The van der Waals surface area contributed by atoms with Crippen LogP contribution >= 0.6 is 11.6 Å². The van der Waals surface area contributed by atoms with Crippen molar-refractivity contribution in [3.63, 3.8) is 0 Å². The monoisotopic (exact) mass is 243 g/mol. The predicted octanol–water partition coefficient (Wildman–Crippen LogP) is 1.97. The van der Waals surface area contributed by atoms with Gasteiger partial charge in [0, 0.05) is 6.20 Å². The lowest BCUT2D eigenvalue weighted by Gasteiger charge is -2.05. The Morgan fingerprint density at radius 1 is 1.27 bits per heavy atom. The maximum atomic E-state index is 11.3. The summed E-state index contributed by atoms with van der Waals surface area (Å²) in [5.41, 5.74) is 0. The molecular weight excluding hydrogens is 238 g/mol. The van der Waals surface area contributed by atoms with Crippen LogP contribution in [-0.4, -0.2) is 13.6 Å². The quantitative estimate of drug-likeness (QED) is 0.758. The van der Waals surface area contributed by atoms with Crippen LogP contribution in [-0.2, 0) is 9.84 Å². The molecule has 0 radical (unpaired) electrons. The van der Waals surface area contributed by atoms with Crippen molar-refractivity contribution in [1.29, 1.82) is 0 Å². The Morgan fingerprint density at radius 2 is 2.00 bits per heavy atom. The molecular formula is C9H6ClNO3S. The summed E-state index contributed by atoms with van der Waals surface area (Å²) < 4.78 is 27.7. The van der Waals surface area contributed by atoms with Crippen LogP contribution in [0.25, 0.3) is 0 Å². The third kappa shape index (κ3) is 2.03. The number of aliphatic imine (C=N–C) groups is 1. The molecule has 0 amide bonds. The summed E-state index contributed by atoms with van der Waals surface area (Å²) in [6.07, 6.45) is 1.17. The summed E-state index contributed by atoms with van der Waals surface area (Å²) >= 11 is 5.80. The molecule has 0 fully saturated rings. The summed E-state index contributed by atoms with van der Waals surface area (Å²) in [7, 11) is -3.51. The number of sulfone groups is 1. The number of rotatable bonds is 1. The fourth-order valence-electron chi connectivity index (χ4n) is 1.01. The van der Waals surface area contributed by atoms with E-state index in [1.54, 1.807) is 24.3 Å². The number of hydrogen-bond donors (Lipinski definition) is 0. The molecule has 0 aliphatic carbocycles. The van der Waals surface area contributed by atoms with Gasteiger partial charge in [-0.3, -0.25) is 0 Å². The highest BCUT2D eigenvalue weighted by Gasteiger charge is 2.23. The number of para-hydroxylation sites is 1. The zero-order chi connectivity index (χ0) is 10.9. The smallest absolute Gasteiger partial charge is 0.319 e. The van der Waals surface area contributed by atoms with Crippen molar-refractivity contribution in [2.75, 3.05) is 0 Å². The van der Waals surface area contributed by atoms with Gasteiger partial charge in [-0.05, 0) is 12.1 Å². The molecule has 0 atom stereocenters. The van der Waals surface area contributed by atoms with Gasteiger partial charge in [0.1, 0.15) is 5.75 Å². The van der Waals surface area contributed by atoms with Crippen LogP contribution in [0, 0.1) is 0 Å². The van der Waals surface area contributed by atoms with Crippen molar-refractivity contribution in [2.24, 2.45) is 4.99 Å². The second-order valence-corrected chi connectivity index (χ2v) is 4.88. The van der Waals surface area contributed by atoms with E-state index in [9.17, 15) is 8.42 Å². The third-order valence-electron chi connectivity index (χ3n) is 1.70. The second-order valence-electron chi connectivity index (χ2n) is 2.76. The minimum Gasteiger partial charge on any atom is -0.428 e. The van der Waals surface area contributed by atoms with E-state index in [0.717, 1.165) is 5.41 Å². The Balaban J connectivity index is 2.29. The van der Waals surface area contributed by atoms with E-state index in [1.165, 1.54) is 6.20 Å². The molecule has 1 aromatic carbocycles. The lowest BCUT2D eigenvalue weighted by Crippen LogP contribution is -2.16. The van der Waals surface area contributed by atoms with Crippen LogP contribution in [0.4, 0.5) is 0 Å². The van der Waals surface area contributed by atoms with Crippen molar-refractivity contribution in [2.45, 2.75) is 0 Å². The number of ether oxygens (including phenoxy) is 1. The van der Waals surface area contributed by atoms with Gasteiger partial charge >= 0.3 is 5.23 Å². The molecule has 78 valence electrons. The van der Waals surface area contributed by atoms with Gasteiger partial charge in [0.05, 0.1) is 10.4 Å².